The van der Waals surface area contributed by atoms with Crippen LogP contribution in [-0.2, 0) is 16.0 Å². The second-order valence-electron chi connectivity index (χ2n) is 5.76. The second-order valence-corrected chi connectivity index (χ2v) is 5.76. The average molecular weight is 326 g/mol. The molecule has 126 valence electrons. The molecule has 5 nitrogen and oxygen atoms in total. The van der Waals surface area contributed by atoms with Gasteiger partial charge in [-0.3, -0.25) is 4.79 Å². The van der Waals surface area contributed by atoms with Crippen LogP contribution in [0, 0.1) is 0 Å². The van der Waals surface area contributed by atoms with Crippen molar-refractivity contribution in [3.05, 3.63) is 59.7 Å². The summed E-state index contributed by atoms with van der Waals surface area (Å²) in [6, 6.07) is 15.6. The third kappa shape index (κ3) is 4.13. The van der Waals surface area contributed by atoms with Gasteiger partial charge in [0.05, 0.1) is 20.3 Å². The molecule has 5 heteroatoms. The highest BCUT2D eigenvalue weighted by Crippen LogP contribution is 2.25. The second kappa shape index (κ2) is 7.95. The van der Waals surface area contributed by atoms with Crippen LogP contribution in [-0.4, -0.2) is 38.8 Å². The molecule has 0 aliphatic carbocycles. The molecule has 2 N–H and O–H groups in total. The Balaban J connectivity index is 1.74. The van der Waals surface area contributed by atoms with E-state index >= 15 is 0 Å². The molecule has 2 aromatic carbocycles. The summed E-state index contributed by atoms with van der Waals surface area (Å²) in [5.41, 5.74) is 3.00. The summed E-state index contributed by atoms with van der Waals surface area (Å²) in [7, 11) is 1.66. The van der Waals surface area contributed by atoms with E-state index in [2.05, 4.69) is 22.8 Å². The highest BCUT2D eigenvalue weighted by molar-refractivity contribution is 5.95. The first-order valence-corrected chi connectivity index (χ1v) is 8.09. The van der Waals surface area contributed by atoms with Crippen molar-refractivity contribution in [2.24, 2.45) is 0 Å². The van der Waals surface area contributed by atoms with Crippen LogP contribution >= 0.6 is 0 Å². The molecular formula is C19H22N2O3. The maximum absolute atomic E-state index is 12.3. The van der Waals surface area contributed by atoms with Crippen LogP contribution in [0.2, 0.25) is 0 Å². The molecule has 1 saturated heterocycles. The largest absolute Gasteiger partial charge is 0.496 e. The maximum Gasteiger partial charge on any atom is 0.243 e. The fraction of sp³-hybridized carbons (Fsp3) is 0.316. The summed E-state index contributed by atoms with van der Waals surface area (Å²) in [6.45, 7) is 1.74. The van der Waals surface area contributed by atoms with Crippen molar-refractivity contribution < 1.29 is 14.3 Å². The first kappa shape index (κ1) is 16.5. The molecule has 0 radical (unpaired) electrons. The highest BCUT2D eigenvalue weighted by Gasteiger charge is 2.21. The van der Waals surface area contributed by atoms with Crippen LogP contribution in [0.1, 0.15) is 11.1 Å². The lowest BCUT2D eigenvalue weighted by molar-refractivity contribution is -0.120. The van der Waals surface area contributed by atoms with Gasteiger partial charge in [0.25, 0.3) is 0 Å². The summed E-state index contributed by atoms with van der Waals surface area (Å²) < 4.78 is 10.8. The van der Waals surface area contributed by atoms with Gasteiger partial charge in [0, 0.05) is 24.2 Å². The summed E-state index contributed by atoms with van der Waals surface area (Å²) in [5.74, 6) is 0.738. The Kier molecular flexibility index (Phi) is 5.46. The minimum atomic E-state index is -0.307. The quantitative estimate of drug-likeness (QED) is 0.884. The number of benzene rings is 2. The van der Waals surface area contributed by atoms with Crippen molar-refractivity contribution in [2.45, 2.75) is 12.5 Å². The molecule has 0 aromatic heterocycles. The van der Waals surface area contributed by atoms with E-state index in [4.69, 9.17) is 9.47 Å². The Morgan fingerprint density at radius 3 is 2.83 bits per heavy atom. The van der Waals surface area contributed by atoms with Gasteiger partial charge in [0.1, 0.15) is 11.8 Å². The lowest BCUT2D eigenvalue weighted by Gasteiger charge is -2.23. The van der Waals surface area contributed by atoms with Crippen LogP contribution in [0.4, 0.5) is 5.69 Å². The van der Waals surface area contributed by atoms with Crippen molar-refractivity contribution in [1.29, 1.82) is 0 Å². The van der Waals surface area contributed by atoms with Crippen molar-refractivity contribution >= 4 is 11.6 Å². The lowest BCUT2D eigenvalue weighted by Crippen LogP contribution is -2.48. The van der Waals surface area contributed by atoms with E-state index in [1.165, 1.54) is 5.56 Å². The van der Waals surface area contributed by atoms with Gasteiger partial charge < -0.3 is 20.1 Å². The number of methoxy groups -OCH3 is 1. The van der Waals surface area contributed by atoms with E-state index in [0.29, 0.717) is 19.8 Å². The van der Waals surface area contributed by atoms with Gasteiger partial charge in [0.2, 0.25) is 5.91 Å². The zero-order chi connectivity index (χ0) is 16.8. The van der Waals surface area contributed by atoms with Crippen LogP contribution in [0.15, 0.2) is 48.5 Å². The molecule has 1 aliphatic rings. The number of hydrogen-bond acceptors (Lipinski definition) is 4. The summed E-state index contributed by atoms with van der Waals surface area (Å²) in [6.07, 6.45) is 0.749. The zero-order valence-corrected chi connectivity index (χ0v) is 13.7. The Hall–Kier alpha value is -2.37. The van der Waals surface area contributed by atoms with Crippen molar-refractivity contribution in [2.75, 3.05) is 32.2 Å². The number of nitrogens with one attached hydrogen (secondary N) is 2. The summed E-state index contributed by atoms with van der Waals surface area (Å²) in [5, 5.41) is 6.11. The van der Waals surface area contributed by atoms with Gasteiger partial charge in [-0.25, -0.2) is 0 Å². The van der Waals surface area contributed by atoms with E-state index in [0.717, 1.165) is 23.4 Å². The first-order valence-electron chi connectivity index (χ1n) is 8.09. The Morgan fingerprint density at radius 1 is 1.29 bits per heavy atom. The molecule has 1 fully saturated rings. The van der Waals surface area contributed by atoms with Crippen LogP contribution < -0.4 is 15.4 Å². The number of ether oxygens (including phenoxy) is 2. The number of carbonyl (C=O) groups excluding carboxylic acids is 1. The third-order valence-corrected chi connectivity index (χ3v) is 4.02. The molecule has 1 aliphatic heterocycles. The molecule has 1 atom stereocenters. The molecular weight excluding hydrogens is 304 g/mol. The number of morpholine rings is 1. The predicted octanol–water partition coefficient (Wildman–Crippen LogP) is 2.21. The predicted molar refractivity (Wildman–Crippen MR) is 93.5 cm³/mol. The van der Waals surface area contributed by atoms with Gasteiger partial charge >= 0.3 is 0 Å². The molecule has 1 amide bonds. The highest BCUT2D eigenvalue weighted by atomic mass is 16.5. The molecule has 0 spiro atoms. The van der Waals surface area contributed by atoms with Crippen molar-refractivity contribution in [1.82, 2.24) is 5.32 Å². The number of amides is 1. The minimum Gasteiger partial charge on any atom is -0.496 e. The molecule has 0 bridgehead atoms. The van der Waals surface area contributed by atoms with Crippen LogP contribution in [0.25, 0.3) is 0 Å². The number of carbonyl (C=O) groups is 1. The van der Waals surface area contributed by atoms with Gasteiger partial charge in [-0.2, -0.15) is 0 Å². The average Bonchev–Trinajstić information content (AvgIpc) is 2.63. The van der Waals surface area contributed by atoms with Crippen LogP contribution in [0.5, 0.6) is 5.75 Å². The first-order chi connectivity index (χ1) is 11.8. The SMILES string of the molecule is COc1ccc(NC(=O)[C@@H]2COCCN2)cc1Cc1ccccc1. The molecule has 0 saturated carbocycles. The van der Waals surface area contributed by atoms with E-state index in [1.54, 1.807) is 7.11 Å². The van der Waals surface area contributed by atoms with Gasteiger partial charge in [-0.05, 0) is 23.8 Å². The van der Waals surface area contributed by atoms with E-state index < -0.39 is 0 Å². The summed E-state index contributed by atoms with van der Waals surface area (Å²) >= 11 is 0. The Bertz CT molecular complexity index is 682. The van der Waals surface area contributed by atoms with E-state index in [9.17, 15) is 4.79 Å². The maximum atomic E-state index is 12.3. The van der Waals surface area contributed by atoms with E-state index in [-0.39, 0.29) is 11.9 Å². The Morgan fingerprint density at radius 2 is 2.12 bits per heavy atom. The van der Waals surface area contributed by atoms with Gasteiger partial charge in [0.15, 0.2) is 0 Å². The molecule has 0 unspecified atom stereocenters. The molecule has 1 heterocycles. The standard InChI is InChI=1S/C19H22N2O3/c1-23-18-8-7-16(21-19(22)17-13-24-10-9-20-17)12-15(18)11-14-5-3-2-4-6-14/h2-8,12,17,20H,9-11,13H2,1H3,(H,21,22)/t17-/m0/s1. The van der Waals surface area contributed by atoms with Gasteiger partial charge in [-0.1, -0.05) is 30.3 Å². The smallest absolute Gasteiger partial charge is 0.243 e. The van der Waals surface area contributed by atoms with Gasteiger partial charge in [-0.15, -0.1) is 0 Å². The Labute approximate surface area is 142 Å². The monoisotopic (exact) mass is 326 g/mol. The van der Waals surface area contributed by atoms with E-state index in [1.807, 2.05) is 36.4 Å². The number of anilines is 1. The molecule has 24 heavy (non-hydrogen) atoms. The normalized spacial score (nSPS) is 17.3. The van der Waals surface area contributed by atoms with Crippen LogP contribution in [0.3, 0.4) is 0 Å². The fourth-order valence-corrected chi connectivity index (χ4v) is 2.77. The molecule has 2 aromatic rings. The molecule has 3 rings (SSSR count). The lowest BCUT2D eigenvalue weighted by atomic mass is 10.0. The summed E-state index contributed by atoms with van der Waals surface area (Å²) in [4.78, 5) is 12.3. The number of hydrogen-bond donors (Lipinski definition) is 2. The minimum absolute atomic E-state index is 0.0782. The van der Waals surface area contributed by atoms with Crippen molar-refractivity contribution in [3.8, 4) is 5.75 Å². The topological polar surface area (TPSA) is 59.6 Å². The third-order valence-electron chi connectivity index (χ3n) is 4.02. The zero-order valence-electron chi connectivity index (χ0n) is 13.7. The number of rotatable bonds is 5. The fourth-order valence-electron chi connectivity index (χ4n) is 2.77. The van der Waals surface area contributed by atoms with Crippen molar-refractivity contribution in [3.63, 3.8) is 0 Å².